The summed E-state index contributed by atoms with van der Waals surface area (Å²) in [5.41, 5.74) is 2.96. The van der Waals surface area contributed by atoms with Crippen LogP contribution in [0.2, 0.25) is 0 Å². The van der Waals surface area contributed by atoms with Crippen LogP contribution in [0.25, 0.3) is 17.1 Å². The molecule has 0 unspecified atom stereocenters. The molecule has 2 aromatic heterocycles. The van der Waals surface area contributed by atoms with Crippen molar-refractivity contribution in [3.8, 4) is 17.1 Å². The number of aromatic nitrogens is 4. The van der Waals surface area contributed by atoms with Crippen LogP contribution >= 0.6 is 11.8 Å². The Balaban J connectivity index is 1.49. The van der Waals surface area contributed by atoms with Gasteiger partial charge in [-0.25, -0.2) is 9.37 Å². The molecule has 130 valence electrons. The Kier molecular flexibility index (Phi) is 4.53. The van der Waals surface area contributed by atoms with Crippen molar-refractivity contribution in [2.24, 2.45) is 0 Å². The fourth-order valence-corrected chi connectivity index (χ4v) is 3.34. The van der Waals surface area contributed by atoms with Crippen LogP contribution in [0.4, 0.5) is 4.39 Å². The predicted molar refractivity (Wildman–Crippen MR) is 97.6 cm³/mol. The second-order valence-corrected chi connectivity index (χ2v) is 6.67. The number of aryl methyl sites for hydroxylation is 1. The van der Waals surface area contributed by atoms with Crippen molar-refractivity contribution in [3.05, 3.63) is 78.2 Å². The first-order valence-corrected chi connectivity index (χ1v) is 8.99. The molecule has 0 fully saturated rings. The highest BCUT2D eigenvalue weighted by atomic mass is 32.2. The third-order valence-electron chi connectivity index (χ3n) is 3.78. The molecular formula is C19H15FN4OS. The fraction of sp³-hybridized carbons (Fsp3) is 0.105. The molecule has 7 heteroatoms. The molecule has 0 aliphatic rings. The van der Waals surface area contributed by atoms with E-state index in [0.29, 0.717) is 23.0 Å². The minimum Gasteiger partial charge on any atom is -0.338 e. The zero-order chi connectivity index (χ0) is 17.9. The first kappa shape index (κ1) is 16.5. The van der Waals surface area contributed by atoms with Gasteiger partial charge in [-0.05, 0) is 48.9 Å². The minimum absolute atomic E-state index is 0.295. The molecule has 0 spiro atoms. The summed E-state index contributed by atoms with van der Waals surface area (Å²) in [6.07, 6.45) is 3.69. The van der Waals surface area contributed by atoms with Crippen molar-refractivity contribution in [3.63, 3.8) is 0 Å². The van der Waals surface area contributed by atoms with E-state index in [1.165, 1.54) is 29.5 Å². The van der Waals surface area contributed by atoms with Crippen LogP contribution in [0.15, 0.2) is 70.6 Å². The van der Waals surface area contributed by atoms with Gasteiger partial charge in [0.15, 0.2) is 5.16 Å². The van der Waals surface area contributed by atoms with E-state index < -0.39 is 0 Å². The fourth-order valence-electron chi connectivity index (χ4n) is 2.53. The average molecular weight is 366 g/mol. The van der Waals surface area contributed by atoms with E-state index in [2.05, 4.69) is 34.2 Å². The Hall–Kier alpha value is -2.93. The molecule has 4 aromatic rings. The Morgan fingerprint density at radius 2 is 2.00 bits per heavy atom. The van der Waals surface area contributed by atoms with Gasteiger partial charge in [0.1, 0.15) is 5.82 Å². The highest BCUT2D eigenvalue weighted by Gasteiger charge is 2.12. The second kappa shape index (κ2) is 7.13. The Morgan fingerprint density at radius 1 is 1.15 bits per heavy atom. The Bertz CT molecular complexity index is 1030. The number of nitrogens with zero attached hydrogens (tertiary/aromatic N) is 4. The smallest absolute Gasteiger partial charge is 0.237 e. The first-order chi connectivity index (χ1) is 12.7. The van der Waals surface area contributed by atoms with E-state index in [1.54, 1.807) is 18.3 Å². The lowest BCUT2D eigenvalue weighted by Crippen LogP contribution is -1.95. The molecule has 0 saturated heterocycles. The SMILES string of the molecule is Cc1cccc(-n2ccnc2SCc2nc(-c3ccc(F)cc3)no2)c1. The zero-order valence-corrected chi connectivity index (χ0v) is 14.8. The van der Waals surface area contributed by atoms with E-state index in [0.717, 1.165) is 10.8 Å². The van der Waals surface area contributed by atoms with Gasteiger partial charge in [-0.3, -0.25) is 4.57 Å². The largest absolute Gasteiger partial charge is 0.338 e. The van der Waals surface area contributed by atoms with Gasteiger partial charge in [0, 0.05) is 23.6 Å². The van der Waals surface area contributed by atoms with Crippen molar-refractivity contribution in [1.29, 1.82) is 0 Å². The van der Waals surface area contributed by atoms with Crippen LogP contribution in [0.5, 0.6) is 0 Å². The quantitative estimate of drug-likeness (QED) is 0.481. The number of rotatable bonds is 5. The van der Waals surface area contributed by atoms with Crippen LogP contribution in [0, 0.1) is 12.7 Å². The summed E-state index contributed by atoms with van der Waals surface area (Å²) in [5, 5.41) is 4.80. The van der Waals surface area contributed by atoms with Gasteiger partial charge in [-0.15, -0.1) is 0 Å². The first-order valence-electron chi connectivity index (χ1n) is 8.01. The molecule has 0 aliphatic carbocycles. The molecule has 2 aromatic carbocycles. The van der Waals surface area contributed by atoms with Gasteiger partial charge < -0.3 is 4.52 Å². The summed E-state index contributed by atoms with van der Waals surface area (Å²) >= 11 is 1.51. The van der Waals surface area contributed by atoms with Crippen molar-refractivity contribution < 1.29 is 8.91 Å². The monoisotopic (exact) mass is 366 g/mol. The van der Waals surface area contributed by atoms with E-state index in [1.807, 2.05) is 22.9 Å². The van der Waals surface area contributed by atoms with Crippen LogP contribution < -0.4 is 0 Å². The minimum atomic E-state index is -0.295. The lowest BCUT2D eigenvalue weighted by Gasteiger charge is -2.07. The summed E-state index contributed by atoms with van der Waals surface area (Å²) in [6, 6.07) is 14.2. The van der Waals surface area contributed by atoms with E-state index >= 15 is 0 Å². The third kappa shape index (κ3) is 3.52. The maximum atomic E-state index is 13.0. The van der Waals surface area contributed by atoms with E-state index in [4.69, 9.17) is 4.52 Å². The van der Waals surface area contributed by atoms with Crippen LogP contribution in [0.1, 0.15) is 11.5 Å². The molecule has 0 radical (unpaired) electrons. The number of imidazole rings is 1. The van der Waals surface area contributed by atoms with Crippen LogP contribution in [-0.2, 0) is 5.75 Å². The molecule has 5 nitrogen and oxygen atoms in total. The van der Waals surface area contributed by atoms with Crippen LogP contribution in [0.3, 0.4) is 0 Å². The number of thioether (sulfide) groups is 1. The van der Waals surface area contributed by atoms with Gasteiger partial charge in [0.05, 0.1) is 5.75 Å². The summed E-state index contributed by atoms with van der Waals surface area (Å²) in [7, 11) is 0. The highest BCUT2D eigenvalue weighted by molar-refractivity contribution is 7.98. The summed E-state index contributed by atoms with van der Waals surface area (Å²) in [5.74, 6) is 1.14. The normalized spacial score (nSPS) is 11.0. The van der Waals surface area contributed by atoms with Crippen molar-refractivity contribution in [2.45, 2.75) is 17.8 Å². The van der Waals surface area contributed by atoms with Crippen molar-refractivity contribution in [2.75, 3.05) is 0 Å². The maximum Gasteiger partial charge on any atom is 0.237 e. The molecule has 0 N–H and O–H groups in total. The Morgan fingerprint density at radius 3 is 2.81 bits per heavy atom. The zero-order valence-electron chi connectivity index (χ0n) is 14.0. The number of hydrogen-bond donors (Lipinski definition) is 0. The van der Waals surface area contributed by atoms with E-state index in [9.17, 15) is 4.39 Å². The van der Waals surface area contributed by atoms with Gasteiger partial charge in [-0.1, -0.05) is 29.1 Å². The molecule has 0 atom stereocenters. The molecule has 2 heterocycles. The average Bonchev–Trinajstić information content (AvgIpc) is 3.30. The number of halogens is 1. The molecule has 0 saturated carbocycles. The van der Waals surface area contributed by atoms with Crippen molar-refractivity contribution >= 4 is 11.8 Å². The maximum absolute atomic E-state index is 13.0. The van der Waals surface area contributed by atoms with Crippen molar-refractivity contribution in [1.82, 2.24) is 19.7 Å². The predicted octanol–water partition coefficient (Wildman–Crippen LogP) is 4.66. The third-order valence-corrected chi connectivity index (χ3v) is 4.73. The standard InChI is InChI=1S/C19H15FN4OS/c1-13-3-2-4-16(11-13)24-10-9-21-19(24)26-12-17-22-18(23-25-17)14-5-7-15(20)8-6-14/h2-11H,12H2,1H3. The number of benzene rings is 2. The van der Waals surface area contributed by atoms with Gasteiger partial charge in [0.25, 0.3) is 0 Å². The molecule has 0 aliphatic heterocycles. The highest BCUT2D eigenvalue weighted by Crippen LogP contribution is 2.25. The van der Waals surface area contributed by atoms with Crippen LogP contribution in [-0.4, -0.2) is 19.7 Å². The van der Waals surface area contributed by atoms with Gasteiger partial charge in [-0.2, -0.15) is 4.98 Å². The number of hydrogen-bond acceptors (Lipinski definition) is 5. The lowest BCUT2D eigenvalue weighted by atomic mass is 10.2. The molecular weight excluding hydrogens is 351 g/mol. The topological polar surface area (TPSA) is 56.7 Å². The van der Waals surface area contributed by atoms with Gasteiger partial charge in [0.2, 0.25) is 11.7 Å². The molecule has 0 bridgehead atoms. The van der Waals surface area contributed by atoms with Gasteiger partial charge >= 0.3 is 0 Å². The Labute approximate surface area is 153 Å². The van der Waals surface area contributed by atoms with E-state index in [-0.39, 0.29) is 5.82 Å². The molecule has 4 rings (SSSR count). The lowest BCUT2D eigenvalue weighted by molar-refractivity contribution is 0.391. The molecule has 26 heavy (non-hydrogen) atoms. The summed E-state index contributed by atoms with van der Waals surface area (Å²) in [4.78, 5) is 8.77. The summed E-state index contributed by atoms with van der Waals surface area (Å²) < 4.78 is 20.3. The summed E-state index contributed by atoms with van der Waals surface area (Å²) in [6.45, 7) is 2.06. The molecule has 0 amide bonds. The second-order valence-electron chi connectivity index (χ2n) is 5.73.